The van der Waals surface area contributed by atoms with Crippen molar-refractivity contribution in [1.29, 1.82) is 0 Å². The normalized spacial score (nSPS) is 18.6. The van der Waals surface area contributed by atoms with Crippen LogP contribution >= 0.6 is 0 Å². The predicted molar refractivity (Wildman–Crippen MR) is 75.7 cm³/mol. The molecule has 1 aliphatic rings. The standard InChI is InChI=1S/C15H21NO4/c1-15(6-8-16(2)9-7-15)20-12-5-4-11(14(17)18)10-13(12)19-3/h4-5,10H,6-9H2,1-3H3,(H,17,18). The van der Waals surface area contributed by atoms with E-state index in [0.29, 0.717) is 11.5 Å². The van der Waals surface area contributed by atoms with Crippen LogP contribution in [0.2, 0.25) is 0 Å². The van der Waals surface area contributed by atoms with Crippen LogP contribution in [-0.4, -0.2) is 48.8 Å². The molecule has 1 fully saturated rings. The number of carboxylic acids is 1. The smallest absolute Gasteiger partial charge is 0.335 e. The minimum atomic E-state index is -0.972. The van der Waals surface area contributed by atoms with E-state index >= 15 is 0 Å². The van der Waals surface area contributed by atoms with E-state index in [1.165, 1.54) is 13.2 Å². The Labute approximate surface area is 119 Å². The highest BCUT2D eigenvalue weighted by molar-refractivity contribution is 5.88. The van der Waals surface area contributed by atoms with Crippen molar-refractivity contribution in [2.45, 2.75) is 25.4 Å². The maximum atomic E-state index is 11.0. The molecule has 2 rings (SSSR count). The van der Waals surface area contributed by atoms with Crippen LogP contribution in [0.4, 0.5) is 0 Å². The second-order valence-electron chi connectivity index (χ2n) is 5.53. The highest BCUT2D eigenvalue weighted by Gasteiger charge is 2.31. The summed E-state index contributed by atoms with van der Waals surface area (Å²) in [6, 6.07) is 4.71. The van der Waals surface area contributed by atoms with Gasteiger partial charge in [0, 0.05) is 13.1 Å². The van der Waals surface area contributed by atoms with Crippen molar-refractivity contribution in [3.8, 4) is 11.5 Å². The van der Waals surface area contributed by atoms with Crippen LogP contribution in [0.1, 0.15) is 30.1 Å². The van der Waals surface area contributed by atoms with E-state index < -0.39 is 5.97 Å². The van der Waals surface area contributed by atoms with Crippen LogP contribution < -0.4 is 9.47 Å². The molecule has 1 aliphatic heterocycles. The zero-order valence-electron chi connectivity index (χ0n) is 12.2. The van der Waals surface area contributed by atoms with E-state index in [4.69, 9.17) is 14.6 Å². The van der Waals surface area contributed by atoms with Crippen molar-refractivity contribution in [3.63, 3.8) is 0 Å². The summed E-state index contributed by atoms with van der Waals surface area (Å²) in [5.41, 5.74) is -0.0346. The molecule has 5 nitrogen and oxygen atoms in total. The van der Waals surface area contributed by atoms with Crippen molar-refractivity contribution >= 4 is 5.97 Å². The summed E-state index contributed by atoms with van der Waals surface area (Å²) < 4.78 is 11.3. The van der Waals surface area contributed by atoms with Crippen molar-refractivity contribution < 1.29 is 19.4 Å². The lowest BCUT2D eigenvalue weighted by molar-refractivity contribution is 0.0220. The van der Waals surface area contributed by atoms with Crippen LogP contribution in [0.3, 0.4) is 0 Å². The second-order valence-corrected chi connectivity index (χ2v) is 5.53. The van der Waals surface area contributed by atoms with Crippen molar-refractivity contribution in [2.24, 2.45) is 0 Å². The molecule has 1 aromatic rings. The third-order valence-corrected chi connectivity index (χ3v) is 3.81. The number of hydrogen-bond donors (Lipinski definition) is 1. The first kappa shape index (κ1) is 14.7. The lowest BCUT2D eigenvalue weighted by atomic mass is 9.93. The molecule has 0 unspecified atom stereocenters. The van der Waals surface area contributed by atoms with Gasteiger partial charge in [-0.1, -0.05) is 0 Å². The quantitative estimate of drug-likeness (QED) is 0.916. The summed E-state index contributed by atoms with van der Waals surface area (Å²) in [5.74, 6) is 0.0926. The SMILES string of the molecule is COc1cc(C(=O)O)ccc1OC1(C)CCN(C)CC1. The van der Waals surface area contributed by atoms with Gasteiger partial charge < -0.3 is 19.5 Å². The summed E-state index contributed by atoms with van der Waals surface area (Å²) in [6.07, 6.45) is 1.88. The number of carboxylic acid groups (broad SMARTS) is 1. The average Bonchev–Trinajstić information content (AvgIpc) is 2.42. The molecule has 0 amide bonds. The Morgan fingerprint density at radius 1 is 1.30 bits per heavy atom. The topological polar surface area (TPSA) is 59.0 Å². The van der Waals surface area contributed by atoms with Crippen molar-refractivity contribution in [2.75, 3.05) is 27.2 Å². The summed E-state index contributed by atoms with van der Waals surface area (Å²) >= 11 is 0. The second kappa shape index (κ2) is 5.71. The van der Waals surface area contributed by atoms with Gasteiger partial charge in [0.05, 0.1) is 12.7 Å². The third kappa shape index (κ3) is 3.22. The van der Waals surface area contributed by atoms with Gasteiger partial charge in [-0.2, -0.15) is 0 Å². The first-order valence-corrected chi connectivity index (χ1v) is 6.72. The first-order valence-electron chi connectivity index (χ1n) is 6.72. The number of piperidine rings is 1. The Kier molecular flexibility index (Phi) is 4.18. The molecule has 0 bridgehead atoms. The number of hydrogen-bond acceptors (Lipinski definition) is 4. The van der Waals surface area contributed by atoms with Crippen molar-refractivity contribution in [1.82, 2.24) is 4.90 Å². The number of methoxy groups -OCH3 is 1. The maximum Gasteiger partial charge on any atom is 0.335 e. The van der Waals surface area contributed by atoms with E-state index in [2.05, 4.69) is 18.9 Å². The maximum absolute atomic E-state index is 11.0. The lowest BCUT2D eigenvalue weighted by Gasteiger charge is -2.38. The Balaban J connectivity index is 2.18. The molecule has 0 aliphatic carbocycles. The highest BCUT2D eigenvalue weighted by Crippen LogP contribution is 2.34. The van der Waals surface area contributed by atoms with Crippen LogP contribution in [0.25, 0.3) is 0 Å². The zero-order valence-corrected chi connectivity index (χ0v) is 12.2. The fraction of sp³-hybridized carbons (Fsp3) is 0.533. The van der Waals surface area contributed by atoms with Gasteiger partial charge >= 0.3 is 5.97 Å². The van der Waals surface area contributed by atoms with Gasteiger partial charge in [0.2, 0.25) is 0 Å². The number of aromatic carboxylic acids is 1. The lowest BCUT2D eigenvalue weighted by Crippen LogP contribution is -2.44. The van der Waals surface area contributed by atoms with E-state index in [9.17, 15) is 4.79 Å². The fourth-order valence-electron chi connectivity index (χ4n) is 2.34. The minimum Gasteiger partial charge on any atom is -0.493 e. The zero-order chi connectivity index (χ0) is 14.8. The van der Waals surface area contributed by atoms with Gasteiger partial charge in [-0.15, -0.1) is 0 Å². The summed E-state index contributed by atoms with van der Waals surface area (Å²) in [5, 5.41) is 9.00. The molecule has 5 heteroatoms. The third-order valence-electron chi connectivity index (χ3n) is 3.81. The minimum absolute atomic E-state index is 0.197. The van der Waals surface area contributed by atoms with Crippen LogP contribution in [0.5, 0.6) is 11.5 Å². The summed E-state index contributed by atoms with van der Waals surface area (Å²) in [4.78, 5) is 13.2. The monoisotopic (exact) mass is 279 g/mol. The number of carbonyl (C=O) groups is 1. The van der Waals surface area contributed by atoms with Gasteiger partial charge in [0.15, 0.2) is 11.5 Å². The van der Waals surface area contributed by atoms with Gasteiger partial charge in [-0.25, -0.2) is 4.79 Å². The number of likely N-dealkylation sites (tertiary alicyclic amines) is 1. The molecule has 0 radical (unpaired) electrons. The average molecular weight is 279 g/mol. The van der Waals surface area contributed by atoms with E-state index in [1.54, 1.807) is 12.1 Å². The highest BCUT2D eigenvalue weighted by atomic mass is 16.5. The molecule has 0 saturated carbocycles. The van der Waals surface area contributed by atoms with Crippen LogP contribution in [0.15, 0.2) is 18.2 Å². The molecular weight excluding hydrogens is 258 g/mol. The molecule has 1 heterocycles. The largest absolute Gasteiger partial charge is 0.493 e. The summed E-state index contributed by atoms with van der Waals surface area (Å²) in [6.45, 7) is 4.07. The summed E-state index contributed by atoms with van der Waals surface area (Å²) in [7, 11) is 3.62. The Bertz CT molecular complexity index is 493. The predicted octanol–water partition coefficient (Wildman–Crippen LogP) is 2.26. The number of benzene rings is 1. The number of ether oxygens (including phenoxy) is 2. The van der Waals surface area contributed by atoms with Gasteiger partial charge in [0.1, 0.15) is 5.60 Å². The Morgan fingerprint density at radius 2 is 1.95 bits per heavy atom. The van der Waals surface area contributed by atoms with Gasteiger partial charge in [-0.3, -0.25) is 0 Å². The molecule has 0 atom stereocenters. The van der Waals surface area contributed by atoms with E-state index in [-0.39, 0.29) is 11.2 Å². The van der Waals surface area contributed by atoms with E-state index in [1.807, 2.05) is 0 Å². The van der Waals surface area contributed by atoms with E-state index in [0.717, 1.165) is 25.9 Å². The van der Waals surface area contributed by atoms with Crippen molar-refractivity contribution in [3.05, 3.63) is 23.8 Å². The Hall–Kier alpha value is -1.75. The van der Waals surface area contributed by atoms with Crippen LogP contribution in [-0.2, 0) is 0 Å². The molecule has 1 N–H and O–H groups in total. The van der Waals surface area contributed by atoms with Gasteiger partial charge in [0.25, 0.3) is 0 Å². The van der Waals surface area contributed by atoms with Crippen LogP contribution in [0, 0.1) is 0 Å². The van der Waals surface area contributed by atoms with Gasteiger partial charge in [-0.05, 0) is 45.0 Å². The number of rotatable bonds is 4. The Morgan fingerprint density at radius 3 is 2.50 bits per heavy atom. The molecular formula is C15H21NO4. The fourth-order valence-corrected chi connectivity index (χ4v) is 2.34. The molecule has 110 valence electrons. The molecule has 20 heavy (non-hydrogen) atoms. The molecule has 1 saturated heterocycles. The molecule has 0 spiro atoms. The number of nitrogens with zero attached hydrogens (tertiary/aromatic N) is 1. The molecule has 0 aromatic heterocycles. The molecule has 1 aromatic carbocycles. The first-order chi connectivity index (χ1) is 9.43.